The van der Waals surface area contributed by atoms with Crippen LogP contribution in [-0.4, -0.2) is 71.0 Å². The number of likely N-dealkylation sites (N-methyl/N-ethyl adjacent to an activating group) is 2. The minimum absolute atomic E-state index is 0.0134. The third-order valence-corrected chi connectivity index (χ3v) is 16.6. The predicted octanol–water partition coefficient (Wildman–Crippen LogP) is 7.91. The van der Waals surface area contributed by atoms with Gasteiger partial charge in [0.25, 0.3) is 0 Å². The number of fused-ring (bicyclic) bond motifs is 5. The van der Waals surface area contributed by atoms with E-state index in [0.717, 1.165) is 33.4 Å². The fraction of sp³-hybridized carbons (Fsp3) is 0.365. The molecule has 12 heteroatoms. The number of hydrogen-bond acceptors (Lipinski definition) is 9. The first-order valence-corrected chi connectivity index (χ1v) is 25.0. The van der Waals surface area contributed by atoms with Crippen molar-refractivity contribution in [2.24, 2.45) is 0 Å². The van der Waals surface area contributed by atoms with Gasteiger partial charge in [-0.1, -0.05) is 124 Å². The number of benzene rings is 5. The third-order valence-electron chi connectivity index (χ3n) is 12.1. The largest absolute Gasteiger partial charge is 0.489 e. The van der Waals surface area contributed by atoms with Crippen LogP contribution in [0.2, 0.25) is 18.1 Å². The molecule has 2 amide bonds. The SMILES string of the molecule is CNC[C@@H](C[C@@H]1NC(=O)[C@@H](NC)Cc2cc(ccc2OCc2ccccc2)-c2ccc(OCc3ccccc3)c(c2)C[C@@H](C(=O)OCc2ccccc2)NC1=O)O[Si](C)(C)C(C)(C)C. The summed E-state index contributed by atoms with van der Waals surface area (Å²) in [4.78, 5) is 43.7. The minimum atomic E-state index is -2.34. The molecule has 0 spiro atoms. The maximum Gasteiger partial charge on any atom is 0.329 e. The highest BCUT2D eigenvalue weighted by molar-refractivity contribution is 6.74. The molecule has 0 fully saturated rings. The minimum Gasteiger partial charge on any atom is -0.489 e. The molecule has 5 aromatic carbocycles. The van der Waals surface area contributed by atoms with Gasteiger partial charge in [-0.3, -0.25) is 9.59 Å². The molecule has 338 valence electrons. The van der Waals surface area contributed by atoms with E-state index in [2.05, 4.69) is 55.1 Å². The molecule has 0 unspecified atom stereocenters. The lowest BCUT2D eigenvalue weighted by Crippen LogP contribution is -2.57. The molecular weight excluding hydrogens is 821 g/mol. The van der Waals surface area contributed by atoms with Gasteiger partial charge < -0.3 is 39.9 Å². The Morgan fingerprint density at radius 2 is 1.19 bits per heavy atom. The maximum absolute atomic E-state index is 14.9. The summed E-state index contributed by atoms with van der Waals surface area (Å²) in [6, 6.07) is 38.1. The number of rotatable bonds is 16. The van der Waals surface area contributed by atoms with E-state index >= 15 is 0 Å². The van der Waals surface area contributed by atoms with Gasteiger partial charge in [0.05, 0.1) is 12.1 Å². The number of carbonyl (C=O) groups excluding carboxylic acids is 3. The normalized spacial score (nSPS) is 17.5. The predicted molar refractivity (Wildman–Crippen MR) is 254 cm³/mol. The van der Waals surface area contributed by atoms with Gasteiger partial charge in [0.1, 0.15) is 43.4 Å². The zero-order chi connectivity index (χ0) is 45.7. The van der Waals surface area contributed by atoms with Crippen LogP contribution >= 0.6 is 0 Å². The van der Waals surface area contributed by atoms with E-state index in [0.29, 0.717) is 36.8 Å². The van der Waals surface area contributed by atoms with Crippen molar-refractivity contribution in [1.82, 2.24) is 21.3 Å². The number of hydrogen-bond donors (Lipinski definition) is 4. The van der Waals surface area contributed by atoms with Crippen LogP contribution in [0.15, 0.2) is 127 Å². The van der Waals surface area contributed by atoms with E-state index in [9.17, 15) is 14.4 Å². The molecule has 4 N–H and O–H groups in total. The summed E-state index contributed by atoms with van der Waals surface area (Å²) in [6.07, 6.45) is 0.0107. The van der Waals surface area contributed by atoms with Gasteiger partial charge >= 0.3 is 5.97 Å². The zero-order valence-electron chi connectivity index (χ0n) is 38.2. The summed E-state index contributed by atoms with van der Waals surface area (Å²) in [6.45, 7) is 11.9. The molecule has 1 aliphatic rings. The zero-order valence-corrected chi connectivity index (χ0v) is 39.2. The van der Waals surface area contributed by atoms with Crippen molar-refractivity contribution in [2.75, 3.05) is 20.6 Å². The number of nitrogens with one attached hydrogen (secondary N) is 4. The molecule has 1 aliphatic heterocycles. The summed E-state index contributed by atoms with van der Waals surface area (Å²) in [5.41, 5.74) is 6.04. The highest BCUT2D eigenvalue weighted by Crippen LogP contribution is 2.38. The topological polar surface area (TPSA) is 136 Å². The summed E-state index contributed by atoms with van der Waals surface area (Å²) < 4.78 is 25.7. The summed E-state index contributed by atoms with van der Waals surface area (Å²) in [5, 5.41) is 12.4. The van der Waals surface area contributed by atoms with Crippen LogP contribution in [0.3, 0.4) is 0 Å². The molecule has 4 atom stereocenters. The molecule has 1 heterocycles. The van der Waals surface area contributed by atoms with E-state index in [1.54, 1.807) is 7.05 Å². The van der Waals surface area contributed by atoms with Gasteiger partial charge in [-0.2, -0.15) is 0 Å². The van der Waals surface area contributed by atoms with Crippen LogP contribution in [0.5, 0.6) is 11.5 Å². The number of ether oxygens (including phenoxy) is 3. The summed E-state index contributed by atoms with van der Waals surface area (Å²) in [7, 11) is 1.22. The third kappa shape index (κ3) is 13.1. The highest BCUT2D eigenvalue weighted by atomic mass is 28.4. The van der Waals surface area contributed by atoms with Crippen molar-refractivity contribution in [3.05, 3.63) is 155 Å². The first-order chi connectivity index (χ1) is 30.7. The fourth-order valence-corrected chi connectivity index (χ4v) is 8.78. The van der Waals surface area contributed by atoms with Crippen LogP contribution in [0.1, 0.15) is 55.0 Å². The number of amides is 2. The summed E-state index contributed by atoms with van der Waals surface area (Å²) >= 11 is 0. The second-order valence-electron chi connectivity index (χ2n) is 18.0. The molecule has 4 bridgehead atoms. The molecule has 0 saturated carbocycles. The van der Waals surface area contributed by atoms with Crippen molar-refractivity contribution < 1.29 is 33.0 Å². The van der Waals surface area contributed by atoms with Crippen LogP contribution in [-0.2, 0) is 56.2 Å². The maximum atomic E-state index is 14.9. The van der Waals surface area contributed by atoms with Crippen molar-refractivity contribution >= 4 is 26.1 Å². The molecule has 0 saturated heterocycles. The number of carbonyl (C=O) groups is 3. The Kier molecular flexibility index (Phi) is 16.5. The standard InChI is InChI=1S/C52H64N4O7Si/c1-52(2,3)64(6,7)63-43(32-53-4)31-45-50(58)56-46(51(59)62-35-38-21-15-10-16-22-38)30-42-28-40(24-26-48(42)61-34-37-19-13-9-14-20-37)39-23-25-47(60-33-36-17-11-8-12-18-36)41(27-39)29-44(54-5)49(57)55-45/h8-28,43-46,53-54H,29-35H2,1-7H3,(H,55,57)(H,56,58)/t43-,44+,45+,46+/m1/s1. The molecule has 64 heavy (non-hydrogen) atoms. The molecule has 0 radical (unpaired) electrons. The fourth-order valence-electron chi connectivity index (χ4n) is 7.41. The Balaban J connectivity index is 1.44. The quantitative estimate of drug-likeness (QED) is 0.0576. The highest BCUT2D eigenvalue weighted by Gasteiger charge is 2.41. The second-order valence-corrected chi connectivity index (χ2v) is 22.7. The van der Waals surface area contributed by atoms with Gasteiger partial charge in [-0.05, 0) is 95.4 Å². The van der Waals surface area contributed by atoms with Gasteiger partial charge in [0.15, 0.2) is 8.32 Å². The van der Waals surface area contributed by atoms with Crippen LogP contribution in [0.4, 0.5) is 0 Å². The second kappa shape index (κ2) is 22.2. The summed E-state index contributed by atoms with van der Waals surface area (Å²) in [5.74, 6) is -0.333. The van der Waals surface area contributed by atoms with Crippen LogP contribution in [0, 0.1) is 0 Å². The molecule has 6 rings (SSSR count). The lowest BCUT2D eigenvalue weighted by atomic mass is 9.95. The smallest absolute Gasteiger partial charge is 0.329 e. The van der Waals surface area contributed by atoms with Gasteiger partial charge in [0.2, 0.25) is 11.8 Å². The number of esters is 1. The van der Waals surface area contributed by atoms with Gasteiger partial charge in [-0.25, -0.2) is 4.79 Å². The molecular formula is C52H64N4O7Si. The molecule has 11 nitrogen and oxygen atoms in total. The lowest BCUT2D eigenvalue weighted by molar-refractivity contribution is -0.149. The average molecular weight is 885 g/mol. The van der Waals surface area contributed by atoms with Crippen molar-refractivity contribution in [3.63, 3.8) is 0 Å². The Labute approximate surface area is 379 Å². The lowest BCUT2D eigenvalue weighted by Gasteiger charge is -2.40. The van der Waals surface area contributed by atoms with Gasteiger partial charge in [0, 0.05) is 25.8 Å². The Morgan fingerprint density at radius 1 is 0.688 bits per heavy atom. The van der Waals surface area contributed by atoms with E-state index in [1.807, 2.05) is 134 Å². The first kappa shape index (κ1) is 47.7. The van der Waals surface area contributed by atoms with E-state index < -0.39 is 44.4 Å². The Bertz CT molecular complexity index is 2300. The average Bonchev–Trinajstić information content (AvgIpc) is 3.28. The monoisotopic (exact) mass is 884 g/mol. The Morgan fingerprint density at radius 3 is 1.67 bits per heavy atom. The van der Waals surface area contributed by atoms with Crippen LogP contribution < -0.4 is 30.7 Å². The van der Waals surface area contributed by atoms with Gasteiger partial charge in [-0.15, -0.1) is 0 Å². The van der Waals surface area contributed by atoms with Crippen molar-refractivity contribution in [1.29, 1.82) is 0 Å². The molecule has 5 aromatic rings. The van der Waals surface area contributed by atoms with E-state index in [1.165, 1.54) is 0 Å². The first-order valence-electron chi connectivity index (χ1n) is 22.1. The van der Waals surface area contributed by atoms with E-state index in [4.69, 9.17) is 18.6 Å². The Hall–Kier alpha value is -5.79. The molecule has 0 aliphatic carbocycles. The van der Waals surface area contributed by atoms with Crippen LogP contribution in [0.25, 0.3) is 11.1 Å². The van der Waals surface area contributed by atoms with E-state index in [-0.39, 0.29) is 36.8 Å². The molecule has 0 aromatic heterocycles. The van der Waals surface area contributed by atoms with Crippen molar-refractivity contribution in [2.45, 2.75) is 102 Å². The van der Waals surface area contributed by atoms with Crippen molar-refractivity contribution in [3.8, 4) is 22.6 Å².